The molecule has 0 amide bonds. The van der Waals surface area contributed by atoms with Crippen molar-refractivity contribution in [1.82, 2.24) is 0 Å². The van der Waals surface area contributed by atoms with Crippen molar-refractivity contribution < 1.29 is 4.39 Å². The van der Waals surface area contributed by atoms with Gasteiger partial charge in [0.15, 0.2) is 0 Å². The Morgan fingerprint density at radius 2 is 2.27 bits per heavy atom. The van der Waals surface area contributed by atoms with E-state index in [9.17, 15) is 4.39 Å². The fraction of sp³-hybridized carbons (Fsp3) is 0.333. The minimum atomic E-state index is -0.417. The zero-order valence-corrected chi connectivity index (χ0v) is 9.52. The molecule has 0 radical (unpaired) electrons. The lowest BCUT2D eigenvalue weighted by molar-refractivity contribution is 0.609. The quantitative estimate of drug-likeness (QED) is 0.778. The maximum absolute atomic E-state index is 13.1. The van der Waals surface area contributed by atoms with Crippen molar-refractivity contribution in [3.8, 4) is 0 Å². The Morgan fingerprint density at radius 1 is 1.60 bits per heavy atom. The molecule has 0 saturated carbocycles. The van der Waals surface area contributed by atoms with Crippen LogP contribution in [-0.2, 0) is 0 Å². The molecule has 1 aromatic carbocycles. The fourth-order valence-electron chi connectivity index (χ4n) is 1.36. The van der Waals surface area contributed by atoms with Gasteiger partial charge in [0, 0.05) is 6.04 Å². The molecule has 0 bridgehead atoms. The van der Waals surface area contributed by atoms with Crippen molar-refractivity contribution in [3.05, 3.63) is 46.8 Å². The van der Waals surface area contributed by atoms with E-state index in [1.807, 2.05) is 6.92 Å². The van der Waals surface area contributed by atoms with Crippen molar-refractivity contribution in [3.63, 3.8) is 0 Å². The molecule has 0 fully saturated rings. The number of rotatable bonds is 4. The maximum atomic E-state index is 13.1. The van der Waals surface area contributed by atoms with Gasteiger partial charge >= 0.3 is 0 Å². The van der Waals surface area contributed by atoms with Gasteiger partial charge in [0.25, 0.3) is 0 Å². The summed E-state index contributed by atoms with van der Waals surface area (Å²) < 4.78 is 13.1. The normalized spacial score (nSPS) is 12.5. The summed E-state index contributed by atoms with van der Waals surface area (Å²) in [6.07, 6.45) is 1.56. The van der Waals surface area contributed by atoms with Gasteiger partial charge in [-0.3, -0.25) is 0 Å². The molecule has 1 aromatic rings. The molecule has 15 heavy (non-hydrogen) atoms. The standard InChI is InChI=1S/C12H15ClFN/c1-8(2)6-7-11(15)9-4-3-5-10(14)12(9)13/h3-5,11H,1,6-7,15H2,2H3. The third-order valence-corrected chi connectivity index (χ3v) is 2.66. The molecule has 82 valence electrons. The van der Waals surface area contributed by atoms with E-state index in [-0.39, 0.29) is 11.1 Å². The first kappa shape index (κ1) is 12.2. The average Bonchev–Trinajstić information content (AvgIpc) is 2.18. The SMILES string of the molecule is C=C(C)CCC(N)c1cccc(F)c1Cl. The lowest BCUT2D eigenvalue weighted by Crippen LogP contribution is -2.11. The van der Waals surface area contributed by atoms with Gasteiger partial charge in [0.1, 0.15) is 5.82 Å². The van der Waals surface area contributed by atoms with Crippen LogP contribution in [0.4, 0.5) is 4.39 Å². The lowest BCUT2D eigenvalue weighted by Gasteiger charge is -2.13. The van der Waals surface area contributed by atoms with Crippen LogP contribution in [0.25, 0.3) is 0 Å². The number of nitrogens with two attached hydrogens (primary N) is 1. The van der Waals surface area contributed by atoms with Crippen LogP contribution in [0.5, 0.6) is 0 Å². The van der Waals surface area contributed by atoms with E-state index in [0.29, 0.717) is 5.56 Å². The highest BCUT2D eigenvalue weighted by Gasteiger charge is 2.12. The van der Waals surface area contributed by atoms with Crippen LogP contribution in [0, 0.1) is 5.82 Å². The minimum Gasteiger partial charge on any atom is -0.324 e. The number of benzene rings is 1. The first-order chi connectivity index (χ1) is 7.02. The monoisotopic (exact) mass is 227 g/mol. The summed E-state index contributed by atoms with van der Waals surface area (Å²) in [4.78, 5) is 0. The molecule has 1 atom stereocenters. The Hall–Kier alpha value is -0.860. The largest absolute Gasteiger partial charge is 0.324 e. The van der Waals surface area contributed by atoms with Crippen molar-refractivity contribution >= 4 is 11.6 Å². The van der Waals surface area contributed by atoms with Gasteiger partial charge in [-0.2, -0.15) is 0 Å². The zero-order chi connectivity index (χ0) is 11.4. The number of hydrogen-bond acceptors (Lipinski definition) is 1. The molecule has 1 unspecified atom stereocenters. The summed E-state index contributed by atoms with van der Waals surface area (Å²) in [6.45, 7) is 5.74. The second-order valence-corrected chi connectivity index (χ2v) is 4.12. The van der Waals surface area contributed by atoms with Crippen LogP contribution in [0.1, 0.15) is 31.4 Å². The molecule has 0 aliphatic rings. The predicted molar refractivity (Wildman–Crippen MR) is 62.4 cm³/mol. The minimum absolute atomic E-state index is 0.131. The zero-order valence-electron chi connectivity index (χ0n) is 8.76. The van der Waals surface area contributed by atoms with Gasteiger partial charge < -0.3 is 5.73 Å². The Kier molecular flexibility index (Phi) is 4.30. The molecule has 2 N–H and O–H groups in total. The third kappa shape index (κ3) is 3.33. The number of hydrogen-bond donors (Lipinski definition) is 1. The van der Waals surface area contributed by atoms with Crippen LogP contribution < -0.4 is 5.73 Å². The Morgan fingerprint density at radius 3 is 2.87 bits per heavy atom. The van der Waals surface area contributed by atoms with Gasteiger partial charge in [-0.25, -0.2) is 4.39 Å². The van der Waals surface area contributed by atoms with Crippen LogP contribution in [0.2, 0.25) is 5.02 Å². The second-order valence-electron chi connectivity index (χ2n) is 3.75. The van der Waals surface area contributed by atoms with Crippen molar-refractivity contribution in [1.29, 1.82) is 0 Å². The maximum Gasteiger partial charge on any atom is 0.142 e. The highest BCUT2D eigenvalue weighted by molar-refractivity contribution is 6.31. The van der Waals surface area contributed by atoms with Crippen LogP contribution in [0.15, 0.2) is 30.4 Å². The van der Waals surface area contributed by atoms with Gasteiger partial charge in [0.2, 0.25) is 0 Å². The van der Waals surface area contributed by atoms with E-state index in [1.54, 1.807) is 12.1 Å². The van der Waals surface area contributed by atoms with Crippen LogP contribution >= 0.6 is 11.6 Å². The molecule has 0 aromatic heterocycles. The van der Waals surface area contributed by atoms with E-state index < -0.39 is 5.82 Å². The summed E-state index contributed by atoms with van der Waals surface area (Å²) in [5.74, 6) is -0.417. The summed E-state index contributed by atoms with van der Waals surface area (Å²) >= 11 is 5.83. The van der Waals surface area contributed by atoms with E-state index in [1.165, 1.54) is 6.07 Å². The van der Waals surface area contributed by atoms with E-state index in [2.05, 4.69) is 6.58 Å². The smallest absolute Gasteiger partial charge is 0.142 e. The molecule has 0 aliphatic heterocycles. The fourth-order valence-corrected chi connectivity index (χ4v) is 1.63. The molecule has 1 nitrogen and oxygen atoms in total. The first-order valence-electron chi connectivity index (χ1n) is 4.86. The highest BCUT2D eigenvalue weighted by Crippen LogP contribution is 2.27. The molecule has 0 heterocycles. The number of allylic oxidation sites excluding steroid dienone is 1. The van der Waals surface area contributed by atoms with Crippen molar-refractivity contribution in [2.75, 3.05) is 0 Å². The van der Waals surface area contributed by atoms with Gasteiger partial charge in [-0.05, 0) is 31.4 Å². The van der Waals surface area contributed by atoms with Crippen LogP contribution in [-0.4, -0.2) is 0 Å². The Bertz CT molecular complexity index is 363. The van der Waals surface area contributed by atoms with Gasteiger partial charge in [-0.1, -0.05) is 29.3 Å². The first-order valence-corrected chi connectivity index (χ1v) is 5.24. The van der Waals surface area contributed by atoms with E-state index in [0.717, 1.165) is 18.4 Å². The molecule has 3 heteroatoms. The van der Waals surface area contributed by atoms with E-state index >= 15 is 0 Å². The predicted octanol–water partition coefficient (Wildman–Crippen LogP) is 3.84. The molecule has 0 saturated heterocycles. The summed E-state index contributed by atoms with van der Waals surface area (Å²) in [5.41, 5.74) is 7.65. The summed E-state index contributed by atoms with van der Waals surface area (Å²) in [7, 11) is 0. The molecule has 1 rings (SSSR count). The second kappa shape index (κ2) is 5.29. The van der Waals surface area contributed by atoms with Crippen LogP contribution in [0.3, 0.4) is 0 Å². The van der Waals surface area contributed by atoms with Crippen molar-refractivity contribution in [2.45, 2.75) is 25.8 Å². The summed E-state index contributed by atoms with van der Waals surface area (Å²) in [6, 6.07) is 4.48. The Balaban J connectivity index is 2.77. The number of halogens is 2. The molecule has 0 spiro atoms. The highest BCUT2D eigenvalue weighted by atomic mass is 35.5. The summed E-state index contributed by atoms with van der Waals surface area (Å²) in [5, 5.41) is 0.131. The molecular weight excluding hydrogens is 213 g/mol. The van der Waals surface area contributed by atoms with Gasteiger partial charge in [0.05, 0.1) is 5.02 Å². The van der Waals surface area contributed by atoms with Crippen molar-refractivity contribution in [2.24, 2.45) is 5.73 Å². The lowest BCUT2D eigenvalue weighted by atomic mass is 10.0. The van der Waals surface area contributed by atoms with Gasteiger partial charge in [-0.15, -0.1) is 6.58 Å². The topological polar surface area (TPSA) is 26.0 Å². The molecule has 0 aliphatic carbocycles. The average molecular weight is 228 g/mol. The van der Waals surface area contributed by atoms with E-state index in [4.69, 9.17) is 17.3 Å². The Labute approximate surface area is 94.7 Å². The molecular formula is C12H15ClFN. The third-order valence-electron chi connectivity index (χ3n) is 2.26.